The molecule has 15 heavy (non-hydrogen) atoms. The summed E-state index contributed by atoms with van der Waals surface area (Å²) in [6.45, 7) is 3.58. The van der Waals surface area contributed by atoms with Gasteiger partial charge in [-0.2, -0.15) is 0 Å². The highest BCUT2D eigenvalue weighted by molar-refractivity contribution is 5.64. The smallest absolute Gasteiger partial charge is 0.409 e. The molecule has 2 heterocycles. The van der Waals surface area contributed by atoms with Gasteiger partial charge in [0.15, 0.2) is 0 Å². The topological polar surface area (TPSA) is 62.2 Å². The number of carbonyl (C=O) groups is 1. The molecule has 2 rings (SSSR count). The molecule has 0 aromatic heterocycles. The van der Waals surface area contributed by atoms with Gasteiger partial charge >= 0.3 is 6.09 Å². The van der Waals surface area contributed by atoms with Crippen molar-refractivity contribution in [1.29, 1.82) is 0 Å². The third-order valence-corrected chi connectivity index (χ3v) is 2.95. The van der Waals surface area contributed by atoms with Gasteiger partial charge in [0.25, 0.3) is 0 Å². The van der Waals surface area contributed by atoms with E-state index < -0.39 is 6.09 Å². The van der Waals surface area contributed by atoms with Crippen LogP contribution in [0.1, 0.15) is 0 Å². The highest BCUT2D eigenvalue weighted by Crippen LogP contribution is 2.16. The van der Waals surface area contributed by atoms with Gasteiger partial charge in [-0.1, -0.05) is 0 Å². The number of hydrogen-bond donors (Lipinski definition) is 1. The van der Waals surface area contributed by atoms with Crippen LogP contribution in [0.3, 0.4) is 0 Å². The van der Waals surface area contributed by atoms with Crippen LogP contribution in [-0.2, 0) is 9.47 Å². The third kappa shape index (κ3) is 2.22. The highest BCUT2D eigenvalue weighted by atomic mass is 16.5. The van der Waals surface area contributed by atoms with E-state index in [1.807, 2.05) is 0 Å². The number of nitrogens with zero attached hydrogens (tertiary/aromatic N) is 2. The Balaban J connectivity index is 1.88. The average molecular weight is 216 g/mol. The normalized spacial score (nSPS) is 28.5. The molecular weight excluding hydrogens is 200 g/mol. The van der Waals surface area contributed by atoms with Gasteiger partial charge in [-0.3, -0.25) is 9.80 Å². The van der Waals surface area contributed by atoms with Gasteiger partial charge in [0, 0.05) is 20.1 Å². The molecule has 0 radical (unpaired) electrons. The van der Waals surface area contributed by atoms with Gasteiger partial charge in [-0.25, -0.2) is 4.79 Å². The minimum Gasteiger partial charge on any atom is -0.465 e. The fourth-order valence-electron chi connectivity index (χ4n) is 1.77. The van der Waals surface area contributed by atoms with E-state index in [2.05, 4.69) is 4.90 Å². The van der Waals surface area contributed by atoms with Gasteiger partial charge in [0.1, 0.15) is 6.23 Å². The molecule has 0 aromatic carbocycles. The lowest BCUT2D eigenvalue weighted by atomic mass is 10.2. The van der Waals surface area contributed by atoms with Crippen LogP contribution in [0.4, 0.5) is 4.79 Å². The van der Waals surface area contributed by atoms with E-state index in [0.29, 0.717) is 19.2 Å². The highest BCUT2D eigenvalue weighted by Gasteiger charge is 2.33. The molecule has 0 aliphatic carbocycles. The largest absolute Gasteiger partial charge is 0.465 e. The van der Waals surface area contributed by atoms with E-state index >= 15 is 0 Å². The van der Waals surface area contributed by atoms with Crippen LogP contribution in [0.2, 0.25) is 0 Å². The molecule has 1 N–H and O–H groups in total. The molecular formula is C9H16N2O4. The van der Waals surface area contributed by atoms with Gasteiger partial charge in [-0.05, 0) is 0 Å². The number of likely N-dealkylation sites (N-methyl/N-ethyl adjacent to an activating group) is 1. The van der Waals surface area contributed by atoms with Crippen molar-refractivity contribution in [2.75, 3.05) is 40.0 Å². The van der Waals surface area contributed by atoms with Crippen LogP contribution in [0.15, 0.2) is 0 Å². The molecule has 0 bridgehead atoms. The molecule has 6 nitrogen and oxygen atoms in total. The molecule has 0 saturated carbocycles. The molecule has 0 aromatic rings. The Labute approximate surface area is 88.3 Å². The van der Waals surface area contributed by atoms with Gasteiger partial charge < -0.3 is 14.6 Å². The van der Waals surface area contributed by atoms with Crippen molar-refractivity contribution >= 4 is 6.09 Å². The third-order valence-electron chi connectivity index (χ3n) is 2.95. The Kier molecular flexibility index (Phi) is 3.08. The number of rotatable bonds is 2. The number of ether oxygens (including phenoxy) is 2. The summed E-state index contributed by atoms with van der Waals surface area (Å²) in [6, 6.07) is 0.443. The van der Waals surface area contributed by atoms with E-state index in [9.17, 15) is 4.79 Å². The maximum atomic E-state index is 10.8. The first-order valence-electron chi connectivity index (χ1n) is 5.07. The number of hydrogen-bond acceptors (Lipinski definition) is 4. The van der Waals surface area contributed by atoms with Crippen molar-refractivity contribution in [2.24, 2.45) is 0 Å². The standard InChI is InChI=1S/C9H16N2O4/c1-10(9(12)13)8-4-11(2-3-15-8)7-5-14-6-7/h7-8H,2-6H2,1H3,(H,12,13). The first-order chi connectivity index (χ1) is 7.18. The Morgan fingerprint density at radius 1 is 1.53 bits per heavy atom. The minimum atomic E-state index is -0.952. The maximum Gasteiger partial charge on any atom is 0.409 e. The summed E-state index contributed by atoms with van der Waals surface area (Å²) in [4.78, 5) is 14.2. The molecule has 2 fully saturated rings. The van der Waals surface area contributed by atoms with E-state index in [1.54, 1.807) is 0 Å². The fraction of sp³-hybridized carbons (Fsp3) is 0.889. The molecule has 1 atom stereocenters. The van der Waals surface area contributed by atoms with Crippen molar-refractivity contribution < 1.29 is 19.4 Å². The number of amides is 1. The predicted molar refractivity (Wildman–Crippen MR) is 51.7 cm³/mol. The summed E-state index contributed by atoms with van der Waals surface area (Å²) in [6.07, 6.45) is -1.30. The van der Waals surface area contributed by atoms with Crippen LogP contribution in [0.25, 0.3) is 0 Å². The second kappa shape index (κ2) is 4.34. The van der Waals surface area contributed by atoms with Gasteiger partial charge in [0.05, 0.1) is 25.9 Å². The van der Waals surface area contributed by atoms with Crippen molar-refractivity contribution in [3.8, 4) is 0 Å². The predicted octanol–water partition coefficient (Wildman–Crippen LogP) is -0.347. The summed E-state index contributed by atoms with van der Waals surface area (Å²) < 4.78 is 10.5. The quantitative estimate of drug-likeness (QED) is 0.683. The SMILES string of the molecule is CN(C(=O)O)C1CN(C2COC2)CCO1. The van der Waals surface area contributed by atoms with Crippen LogP contribution >= 0.6 is 0 Å². The second-order valence-corrected chi connectivity index (χ2v) is 3.91. The van der Waals surface area contributed by atoms with Gasteiger partial charge in [-0.15, -0.1) is 0 Å². The Bertz CT molecular complexity index is 244. The fourth-order valence-corrected chi connectivity index (χ4v) is 1.77. The molecule has 2 aliphatic rings. The zero-order chi connectivity index (χ0) is 10.8. The monoisotopic (exact) mass is 216 g/mol. The van der Waals surface area contributed by atoms with E-state index in [1.165, 1.54) is 11.9 Å². The summed E-state index contributed by atoms with van der Waals surface area (Å²) >= 11 is 0. The van der Waals surface area contributed by atoms with Crippen LogP contribution in [0.5, 0.6) is 0 Å². The molecule has 1 unspecified atom stereocenters. The van der Waals surface area contributed by atoms with E-state index in [-0.39, 0.29) is 6.23 Å². The van der Waals surface area contributed by atoms with E-state index in [0.717, 1.165) is 19.8 Å². The van der Waals surface area contributed by atoms with Gasteiger partial charge in [0.2, 0.25) is 0 Å². The summed E-state index contributed by atoms with van der Waals surface area (Å²) in [5, 5.41) is 8.83. The zero-order valence-corrected chi connectivity index (χ0v) is 8.76. The molecule has 86 valence electrons. The molecule has 6 heteroatoms. The molecule has 2 saturated heterocycles. The molecule has 1 amide bonds. The molecule has 0 spiro atoms. The lowest BCUT2D eigenvalue weighted by Gasteiger charge is -2.43. The lowest BCUT2D eigenvalue weighted by molar-refractivity contribution is -0.141. The summed E-state index contributed by atoms with van der Waals surface area (Å²) in [7, 11) is 1.54. The first kappa shape index (κ1) is 10.7. The molecule has 2 aliphatic heterocycles. The Morgan fingerprint density at radius 3 is 2.80 bits per heavy atom. The average Bonchev–Trinajstić information content (AvgIpc) is 2.14. The number of carboxylic acid groups (broad SMARTS) is 1. The van der Waals surface area contributed by atoms with Crippen molar-refractivity contribution in [3.05, 3.63) is 0 Å². The van der Waals surface area contributed by atoms with Crippen molar-refractivity contribution in [1.82, 2.24) is 9.80 Å². The van der Waals surface area contributed by atoms with Crippen LogP contribution in [0, 0.1) is 0 Å². The Hall–Kier alpha value is -0.850. The summed E-state index contributed by atoms with van der Waals surface area (Å²) in [5.41, 5.74) is 0. The summed E-state index contributed by atoms with van der Waals surface area (Å²) in [5.74, 6) is 0. The Morgan fingerprint density at radius 2 is 2.27 bits per heavy atom. The van der Waals surface area contributed by atoms with Crippen molar-refractivity contribution in [2.45, 2.75) is 12.3 Å². The first-order valence-corrected chi connectivity index (χ1v) is 5.07. The minimum absolute atomic E-state index is 0.350. The van der Waals surface area contributed by atoms with E-state index in [4.69, 9.17) is 14.6 Å². The van der Waals surface area contributed by atoms with Crippen LogP contribution in [-0.4, -0.2) is 73.2 Å². The second-order valence-electron chi connectivity index (χ2n) is 3.91. The number of morpholine rings is 1. The van der Waals surface area contributed by atoms with Crippen LogP contribution < -0.4 is 0 Å². The lowest BCUT2D eigenvalue weighted by Crippen LogP contribution is -2.58. The zero-order valence-electron chi connectivity index (χ0n) is 8.76. The van der Waals surface area contributed by atoms with Crippen molar-refractivity contribution in [3.63, 3.8) is 0 Å². The maximum absolute atomic E-state index is 10.8.